The van der Waals surface area contributed by atoms with Crippen molar-refractivity contribution in [3.05, 3.63) is 47.6 Å². The van der Waals surface area contributed by atoms with Gasteiger partial charge < -0.3 is 5.73 Å². The molecule has 0 unspecified atom stereocenters. The molecule has 2 N–H and O–H groups in total. The van der Waals surface area contributed by atoms with E-state index in [4.69, 9.17) is 5.73 Å². The summed E-state index contributed by atoms with van der Waals surface area (Å²) >= 11 is 1.52. The van der Waals surface area contributed by atoms with Gasteiger partial charge in [-0.05, 0) is 0 Å². The predicted octanol–water partition coefficient (Wildman–Crippen LogP) is 1.85. The van der Waals surface area contributed by atoms with Gasteiger partial charge in [0.15, 0.2) is 0 Å². The van der Waals surface area contributed by atoms with Crippen molar-refractivity contribution in [3.8, 4) is 16.4 Å². The Labute approximate surface area is 108 Å². The van der Waals surface area contributed by atoms with Crippen LogP contribution in [0.1, 0.15) is 5.69 Å². The smallest absolute Gasteiger partial charge is 0.212 e. The quantitative estimate of drug-likeness (QED) is 0.777. The van der Waals surface area contributed by atoms with Crippen LogP contribution in [0.2, 0.25) is 0 Å². The SMILES string of the molecule is NCc1nnn(-c2nccs2)c1-c1ccccc1. The van der Waals surface area contributed by atoms with Crippen LogP contribution in [0.15, 0.2) is 41.9 Å². The zero-order valence-electron chi connectivity index (χ0n) is 9.52. The van der Waals surface area contributed by atoms with E-state index in [1.165, 1.54) is 11.3 Å². The number of benzene rings is 1. The number of nitrogens with zero attached hydrogens (tertiary/aromatic N) is 4. The van der Waals surface area contributed by atoms with E-state index in [0.29, 0.717) is 6.54 Å². The molecule has 3 rings (SSSR count). The molecule has 3 aromatic rings. The first-order valence-electron chi connectivity index (χ1n) is 5.50. The van der Waals surface area contributed by atoms with Crippen molar-refractivity contribution in [1.82, 2.24) is 20.0 Å². The Morgan fingerprint density at radius 1 is 1.22 bits per heavy atom. The minimum atomic E-state index is 0.357. The summed E-state index contributed by atoms with van der Waals surface area (Å²) in [6.45, 7) is 0.357. The number of aromatic nitrogens is 4. The summed E-state index contributed by atoms with van der Waals surface area (Å²) in [5.74, 6) is 0. The van der Waals surface area contributed by atoms with Gasteiger partial charge in [0.2, 0.25) is 5.13 Å². The molecule has 0 bridgehead atoms. The van der Waals surface area contributed by atoms with Crippen LogP contribution in [0.25, 0.3) is 16.4 Å². The second-order valence-electron chi connectivity index (χ2n) is 3.68. The molecule has 0 amide bonds. The second kappa shape index (κ2) is 4.67. The van der Waals surface area contributed by atoms with Crippen LogP contribution >= 0.6 is 11.3 Å². The fourth-order valence-corrected chi connectivity index (χ4v) is 2.38. The fraction of sp³-hybridized carbons (Fsp3) is 0.0833. The molecule has 0 fully saturated rings. The summed E-state index contributed by atoms with van der Waals surface area (Å²) in [5.41, 5.74) is 8.45. The highest BCUT2D eigenvalue weighted by molar-refractivity contribution is 7.12. The Bertz CT molecular complexity index is 630. The Hall–Kier alpha value is -2.05. The highest BCUT2D eigenvalue weighted by atomic mass is 32.1. The van der Waals surface area contributed by atoms with Crippen molar-refractivity contribution in [2.24, 2.45) is 5.73 Å². The summed E-state index contributed by atoms with van der Waals surface area (Å²) in [5, 5.41) is 11.0. The van der Waals surface area contributed by atoms with Gasteiger partial charge in [-0.25, -0.2) is 4.98 Å². The molecule has 90 valence electrons. The van der Waals surface area contributed by atoms with Crippen LogP contribution in [-0.2, 0) is 6.54 Å². The van der Waals surface area contributed by atoms with Gasteiger partial charge in [-0.3, -0.25) is 0 Å². The minimum absolute atomic E-state index is 0.357. The molecule has 0 saturated heterocycles. The van der Waals surface area contributed by atoms with E-state index in [1.807, 2.05) is 35.7 Å². The van der Waals surface area contributed by atoms with Gasteiger partial charge in [0.05, 0.1) is 0 Å². The average molecular weight is 257 g/mol. The van der Waals surface area contributed by atoms with Crippen LogP contribution in [-0.4, -0.2) is 20.0 Å². The van der Waals surface area contributed by atoms with Crippen molar-refractivity contribution in [3.63, 3.8) is 0 Å². The van der Waals surface area contributed by atoms with E-state index >= 15 is 0 Å². The minimum Gasteiger partial charge on any atom is -0.325 e. The van der Waals surface area contributed by atoms with E-state index in [2.05, 4.69) is 15.3 Å². The molecule has 0 saturated carbocycles. The normalized spacial score (nSPS) is 10.7. The number of hydrogen-bond donors (Lipinski definition) is 1. The molecule has 0 aliphatic rings. The van der Waals surface area contributed by atoms with Gasteiger partial charge in [0.25, 0.3) is 0 Å². The lowest BCUT2D eigenvalue weighted by atomic mass is 10.1. The maximum Gasteiger partial charge on any atom is 0.212 e. The molecule has 0 spiro atoms. The number of rotatable bonds is 3. The molecule has 18 heavy (non-hydrogen) atoms. The molecule has 2 aromatic heterocycles. The van der Waals surface area contributed by atoms with Crippen molar-refractivity contribution in [2.45, 2.75) is 6.54 Å². The lowest BCUT2D eigenvalue weighted by Gasteiger charge is -2.04. The summed E-state index contributed by atoms with van der Waals surface area (Å²) in [4.78, 5) is 4.26. The zero-order chi connectivity index (χ0) is 12.4. The monoisotopic (exact) mass is 257 g/mol. The molecular weight excluding hydrogens is 246 g/mol. The topological polar surface area (TPSA) is 69.6 Å². The largest absolute Gasteiger partial charge is 0.325 e. The maximum absolute atomic E-state index is 5.72. The van der Waals surface area contributed by atoms with Gasteiger partial charge in [-0.1, -0.05) is 35.5 Å². The van der Waals surface area contributed by atoms with E-state index in [1.54, 1.807) is 10.9 Å². The third kappa shape index (κ3) is 1.81. The highest BCUT2D eigenvalue weighted by Gasteiger charge is 2.16. The molecular formula is C12H11N5S. The van der Waals surface area contributed by atoms with Gasteiger partial charge in [-0.15, -0.1) is 16.4 Å². The third-order valence-corrected chi connectivity index (χ3v) is 3.33. The lowest BCUT2D eigenvalue weighted by Crippen LogP contribution is -2.02. The van der Waals surface area contributed by atoms with E-state index < -0.39 is 0 Å². The predicted molar refractivity (Wildman–Crippen MR) is 70.4 cm³/mol. The summed E-state index contributed by atoms with van der Waals surface area (Å²) in [7, 11) is 0. The lowest BCUT2D eigenvalue weighted by molar-refractivity contribution is 0.794. The van der Waals surface area contributed by atoms with Crippen molar-refractivity contribution < 1.29 is 0 Å². The summed E-state index contributed by atoms with van der Waals surface area (Å²) < 4.78 is 1.74. The van der Waals surface area contributed by atoms with Crippen LogP contribution < -0.4 is 5.73 Å². The van der Waals surface area contributed by atoms with E-state index in [9.17, 15) is 0 Å². The van der Waals surface area contributed by atoms with Gasteiger partial charge in [-0.2, -0.15) is 4.68 Å². The Balaban J connectivity index is 2.20. The van der Waals surface area contributed by atoms with Crippen LogP contribution in [0, 0.1) is 0 Å². The number of hydrogen-bond acceptors (Lipinski definition) is 5. The second-order valence-corrected chi connectivity index (χ2v) is 4.55. The van der Waals surface area contributed by atoms with Crippen LogP contribution in [0.5, 0.6) is 0 Å². The van der Waals surface area contributed by atoms with Gasteiger partial charge >= 0.3 is 0 Å². The van der Waals surface area contributed by atoms with Crippen LogP contribution in [0.4, 0.5) is 0 Å². The Kier molecular flexibility index (Phi) is 2.87. The van der Waals surface area contributed by atoms with E-state index in [-0.39, 0.29) is 0 Å². The molecule has 0 aliphatic carbocycles. The number of thiazole rings is 1. The molecule has 1 aromatic carbocycles. The fourth-order valence-electron chi connectivity index (χ4n) is 1.79. The van der Waals surface area contributed by atoms with Gasteiger partial charge in [0, 0.05) is 23.7 Å². The molecule has 0 atom stereocenters. The van der Waals surface area contributed by atoms with Crippen LogP contribution in [0.3, 0.4) is 0 Å². The molecule has 2 heterocycles. The number of nitrogens with two attached hydrogens (primary N) is 1. The van der Waals surface area contributed by atoms with Gasteiger partial charge in [0.1, 0.15) is 11.4 Å². The first kappa shape index (κ1) is 11.1. The maximum atomic E-state index is 5.72. The summed E-state index contributed by atoms with van der Waals surface area (Å²) in [6.07, 6.45) is 1.75. The highest BCUT2D eigenvalue weighted by Crippen LogP contribution is 2.25. The Morgan fingerprint density at radius 3 is 2.72 bits per heavy atom. The van der Waals surface area contributed by atoms with E-state index in [0.717, 1.165) is 22.1 Å². The van der Waals surface area contributed by atoms with Crippen molar-refractivity contribution in [2.75, 3.05) is 0 Å². The first-order chi connectivity index (χ1) is 8.90. The average Bonchev–Trinajstić information content (AvgIpc) is 3.08. The Morgan fingerprint density at radius 2 is 2.06 bits per heavy atom. The molecule has 0 aliphatic heterocycles. The summed E-state index contributed by atoms with van der Waals surface area (Å²) in [6, 6.07) is 9.97. The van der Waals surface area contributed by atoms with Crippen molar-refractivity contribution in [1.29, 1.82) is 0 Å². The molecule has 0 radical (unpaired) electrons. The zero-order valence-corrected chi connectivity index (χ0v) is 10.3. The van der Waals surface area contributed by atoms with Crippen molar-refractivity contribution >= 4 is 11.3 Å². The third-order valence-electron chi connectivity index (χ3n) is 2.58. The standard InChI is InChI=1S/C12H11N5S/c13-8-10-11(9-4-2-1-3-5-9)17(16-15-10)12-14-6-7-18-12/h1-7H,8,13H2. The molecule has 5 nitrogen and oxygen atoms in total. The molecule has 6 heteroatoms. The first-order valence-corrected chi connectivity index (χ1v) is 6.38.